The molecule has 19 heavy (non-hydrogen) atoms. The Morgan fingerprint density at radius 1 is 1.42 bits per heavy atom. The summed E-state index contributed by atoms with van der Waals surface area (Å²) in [6, 6.07) is 9.06. The molecule has 0 radical (unpaired) electrons. The van der Waals surface area contributed by atoms with E-state index in [0.717, 1.165) is 11.3 Å². The predicted molar refractivity (Wildman–Crippen MR) is 74.7 cm³/mol. The number of anilines is 1. The number of aromatic nitrogens is 2. The van der Waals surface area contributed by atoms with E-state index < -0.39 is 6.04 Å². The number of carbonyl (C=O) groups excluding carboxylic acids is 1. The average Bonchev–Trinajstić information content (AvgIpc) is 2.93. The molecule has 1 heterocycles. The third-order valence-electron chi connectivity index (χ3n) is 2.94. The van der Waals surface area contributed by atoms with Crippen molar-refractivity contribution < 1.29 is 4.79 Å². The number of benzene rings is 1. The van der Waals surface area contributed by atoms with Crippen LogP contribution in [0.2, 0.25) is 0 Å². The van der Waals surface area contributed by atoms with Crippen molar-refractivity contribution in [3.05, 3.63) is 48.3 Å². The van der Waals surface area contributed by atoms with Gasteiger partial charge in [0.25, 0.3) is 0 Å². The number of nitrogens with zero attached hydrogens (tertiary/aromatic N) is 2. The maximum Gasteiger partial charge on any atom is 0.241 e. The van der Waals surface area contributed by atoms with Crippen LogP contribution in [0.15, 0.2) is 42.7 Å². The van der Waals surface area contributed by atoms with Gasteiger partial charge in [0, 0.05) is 18.1 Å². The highest BCUT2D eigenvalue weighted by Gasteiger charge is 2.12. The molecule has 1 amide bonds. The van der Waals surface area contributed by atoms with Crippen molar-refractivity contribution in [3.8, 4) is 0 Å². The highest BCUT2D eigenvalue weighted by atomic mass is 16.2. The van der Waals surface area contributed by atoms with Crippen LogP contribution in [0.4, 0.5) is 5.69 Å². The van der Waals surface area contributed by atoms with Crippen molar-refractivity contribution in [2.24, 2.45) is 5.73 Å². The van der Waals surface area contributed by atoms with E-state index in [0.29, 0.717) is 13.0 Å². The number of hydrogen-bond donors (Lipinski definition) is 2. The molecule has 0 fully saturated rings. The summed E-state index contributed by atoms with van der Waals surface area (Å²) in [4.78, 5) is 11.8. The number of hydrogen-bond acceptors (Lipinski definition) is 3. The molecule has 1 aromatic heterocycles. The van der Waals surface area contributed by atoms with Gasteiger partial charge in [-0.2, -0.15) is 5.10 Å². The van der Waals surface area contributed by atoms with E-state index in [1.165, 1.54) is 0 Å². The minimum absolute atomic E-state index is 0.157. The van der Waals surface area contributed by atoms with Crippen LogP contribution < -0.4 is 11.1 Å². The number of nitrogens with one attached hydrogen (secondary N) is 1. The standard InChI is InChI=1S/C14H18N4O/c1-2-12(15)14(19)17-13-7-4-3-6-11(13)10-18-9-5-8-16-18/h3-9,12H,2,10,15H2,1H3,(H,17,19)/t12-/m1/s1. The van der Waals surface area contributed by atoms with Gasteiger partial charge in [0.05, 0.1) is 12.6 Å². The van der Waals surface area contributed by atoms with E-state index in [1.807, 2.05) is 48.1 Å². The summed E-state index contributed by atoms with van der Waals surface area (Å²) < 4.78 is 1.81. The van der Waals surface area contributed by atoms with Crippen LogP contribution in [0, 0.1) is 0 Å². The number of amides is 1. The average molecular weight is 258 g/mol. The first-order valence-corrected chi connectivity index (χ1v) is 6.32. The van der Waals surface area contributed by atoms with Crippen LogP contribution in [0.3, 0.4) is 0 Å². The first-order chi connectivity index (χ1) is 9.20. The fourth-order valence-corrected chi connectivity index (χ4v) is 1.76. The monoisotopic (exact) mass is 258 g/mol. The Morgan fingerprint density at radius 3 is 2.89 bits per heavy atom. The van der Waals surface area contributed by atoms with Crippen LogP contribution in [0.1, 0.15) is 18.9 Å². The van der Waals surface area contributed by atoms with Crippen LogP contribution in [-0.4, -0.2) is 21.7 Å². The summed E-state index contributed by atoms with van der Waals surface area (Å²) in [6.07, 6.45) is 4.23. The van der Waals surface area contributed by atoms with Gasteiger partial charge in [-0.3, -0.25) is 9.48 Å². The molecule has 0 unspecified atom stereocenters. The van der Waals surface area contributed by atoms with Gasteiger partial charge < -0.3 is 11.1 Å². The van der Waals surface area contributed by atoms with E-state index in [1.54, 1.807) is 6.20 Å². The maximum atomic E-state index is 11.8. The predicted octanol–water partition coefficient (Wildman–Crippen LogP) is 1.61. The van der Waals surface area contributed by atoms with Gasteiger partial charge in [-0.1, -0.05) is 25.1 Å². The molecule has 0 aliphatic rings. The Balaban J connectivity index is 2.14. The highest BCUT2D eigenvalue weighted by molar-refractivity contribution is 5.95. The van der Waals surface area contributed by atoms with E-state index in [9.17, 15) is 4.79 Å². The second-order valence-electron chi connectivity index (χ2n) is 4.36. The molecular weight excluding hydrogens is 240 g/mol. The molecule has 2 rings (SSSR count). The molecule has 1 atom stereocenters. The fourth-order valence-electron chi connectivity index (χ4n) is 1.76. The molecule has 0 spiro atoms. The largest absolute Gasteiger partial charge is 0.324 e. The van der Waals surface area contributed by atoms with Gasteiger partial charge in [-0.05, 0) is 24.1 Å². The molecule has 5 nitrogen and oxygen atoms in total. The number of para-hydroxylation sites is 1. The minimum Gasteiger partial charge on any atom is -0.324 e. The Bertz CT molecular complexity index is 536. The maximum absolute atomic E-state index is 11.8. The van der Waals surface area contributed by atoms with Crippen molar-refractivity contribution in [2.45, 2.75) is 25.9 Å². The third-order valence-corrected chi connectivity index (χ3v) is 2.94. The SMILES string of the molecule is CC[C@@H](N)C(=O)Nc1ccccc1Cn1cccn1. The van der Waals surface area contributed by atoms with E-state index in [-0.39, 0.29) is 5.91 Å². The van der Waals surface area contributed by atoms with Crippen LogP contribution in [0.5, 0.6) is 0 Å². The fraction of sp³-hybridized carbons (Fsp3) is 0.286. The Labute approximate surface area is 112 Å². The van der Waals surface area contributed by atoms with Gasteiger partial charge in [0.1, 0.15) is 0 Å². The van der Waals surface area contributed by atoms with E-state index in [2.05, 4.69) is 10.4 Å². The Morgan fingerprint density at radius 2 is 2.21 bits per heavy atom. The van der Waals surface area contributed by atoms with Gasteiger partial charge in [0.2, 0.25) is 5.91 Å². The molecule has 5 heteroatoms. The first-order valence-electron chi connectivity index (χ1n) is 6.32. The van der Waals surface area contributed by atoms with Crippen molar-refractivity contribution in [2.75, 3.05) is 5.32 Å². The lowest BCUT2D eigenvalue weighted by atomic mass is 10.1. The molecule has 2 aromatic rings. The lowest BCUT2D eigenvalue weighted by Gasteiger charge is -2.13. The summed E-state index contributed by atoms with van der Waals surface area (Å²) in [7, 11) is 0. The Kier molecular flexibility index (Phi) is 4.30. The molecular formula is C14H18N4O. The summed E-state index contributed by atoms with van der Waals surface area (Å²) in [6.45, 7) is 2.50. The smallest absolute Gasteiger partial charge is 0.241 e. The molecule has 0 bridgehead atoms. The van der Waals surface area contributed by atoms with Gasteiger partial charge in [0.15, 0.2) is 0 Å². The minimum atomic E-state index is -0.474. The lowest BCUT2D eigenvalue weighted by Crippen LogP contribution is -2.35. The van der Waals surface area contributed by atoms with E-state index in [4.69, 9.17) is 5.73 Å². The second-order valence-corrected chi connectivity index (χ2v) is 4.36. The van der Waals surface area contributed by atoms with Crippen molar-refractivity contribution in [3.63, 3.8) is 0 Å². The zero-order chi connectivity index (χ0) is 13.7. The highest BCUT2D eigenvalue weighted by Crippen LogP contribution is 2.16. The normalized spacial score (nSPS) is 12.1. The first kappa shape index (κ1) is 13.3. The van der Waals surface area contributed by atoms with E-state index >= 15 is 0 Å². The summed E-state index contributed by atoms with van der Waals surface area (Å²) in [5.74, 6) is -0.157. The van der Waals surface area contributed by atoms with Gasteiger partial charge in [-0.15, -0.1) is 0 Å². The van der Waals surface area contributed by atoms with Gasteiger partial charge >= 0.3 is 0 Å². The summed E-state index contributed by atoms with van der Waals surface area (Å²) in [5, 5.41) is 7.03. The molecule has 100 valence electrons. The summed E-state index contributed by atoms with van der Waals surface area (Å²) in [5.41, 5.74) is 7.51. The number of nitrogens with two attached hydrogens (primary N) is 1. The van der Waals surface area contributed by atoms with Crippen molar-refractivity contribution >= 4 is 11.6 Å². The molecule has 0 saturated carbocycles. The quantitative estimate of drug-likeness (QED) is 0.855. The Hall–Kier alpha value is -2.14. The third kappa shape index (κ3) is 3.42. The second kappa shape index (κ2) is 6.15. The zero-order valence-electron chi connectivity index (χ0n) is 10.9. The topological polar surface area (TPSA) is 72.9 Å². The molecule has 0 aliphatic heterocycles. The molecule has 0 saturated heterocycles. The van der Waals surface area contributed by atoms with Gasteiger partial charge in [-0.25, -0.2) is 0 Å². The van der Waals surface area contributed by atoms with Crippen LogP contribution in [0.25, 0.3) is 0 Å². The molecule has 0 aliphatic carbocycles. The molecule has 1 aromatic carbocycles. The van der Waals surface area contributed by atoms with Crippen LogP contribution in [-0.2, 0) is 11.3 Å². The molecule has 3 N–H and O–H groups in total. The number of rotatable bonds is 5. The lowest BCUT2D eigenvalue weighted by molar-refractivity contribution is -0.117. The van der Waals surface area contributed by atoms with Crippen molar-refractivity contribution in [1.29, 1.82) is 0 Å². The summed E-state index contributed by atoms with van der Waals surface area (Å²) >= 11 is 0. The zero-order valence-corrected chi connectivity index (χ0v) is 10.9. The number of carbonyl (C=O) groups is 1. The van der Waals surface area contributed by atoms with Crippen molar-refractivity contribution in [1.82, 2.24) is 9.78 Å². The van der Waals surface area contributed by atoms with Crippen LogP contribution >= 0.6 is 0 Å².